The highest BCUT2D eigenvalue weighted by molar-refractivity contribution is 5.70. The molecule has 1 aromatic heterocycles. The quantitative estimate of drug-likeness (QED) is 0.802. The molecule has 2 saturated heterocycles. The van der Waals surface area contributed by atoms with Gasteiger partial charge in [0, 0.05) is 44.6 Å². The lowest BCUT2D eigenvalue weighted by Gasteiger charge is -2.37. The first kappa shape index (κ1) is 16.3. The minimum Gasteiger partial charge on any atom is -0.472 e. The van der Waals surface area contributed by atoms with Gasteiger partial charge in [-0.1, -0.05) is 0 Å². The molecule has 0 aromatic carbocycles. The number of carbonyl (C=O) groups excluding carboxylic acids is 1. The van der Waals surface area contributed by atoms with E-state index in [0.29, 0.717) is 0 Å². The number of ether oxygens (including phenoxy) is 1. The predicted octanol–water partition coefficient (Wildman–Crippen LogP) is 2.02. The Morgan fingerprint density at radius 2 is 2.09 bits per heavy atom. The van der Waals surface area contributed by atoms with Crippen molar-refractivity contribution in [3.8, 4) is 0 Å². The lowest BCUT2D eigenvalue weighted by molar-refractivity contribution is -0.00126. The van der Waals surface area contributed by atoms with Gasteiger partial charge in [-0.2, -0.15) is 0 Å². The maximum atomic E-state index is 12.1. The second kappa shape index (κ2) is 6.93. The van der Waals surface area contributed by atoms with Crippen LogP contribution in [0.15, 0.2) is 23.0 Å². The van der Waals surface area contributed by atoms with E-state index in [-0.39, 0.29) is 11.7 Å². The number of rotatable bonds is 6. The minimum atomic E-state index is -0.262. The van der Waals surface area contributed by atoms with E-state index in [9.17, 15) is 4.79 Å². The van der Waals surface area contributed by atoms with E-state index in [1.165, 1.54) is 5.56 Å². The first-order valence-corrected chi connectivity index (χ1v) is 8.42. The van der Waals surface area contributed by atoms with E-state index in [1.807, 2.05) is 11.0 Å². The molecule has 6 nitrogen and oxygen atoms in total. The van der Waals surface area contributed by atoms with Crippen molar-refractivity contribution in [2.75, 3.05) is 46.8 Å². The van der Waals surface area contributed by atoms with Crippen LogP contribution >= 0.6 is 0 Å². The molecule has 6 heteroatoms. The summed E-state index contributed by atoms with van der Waals surface area (Å²) < 4.78 is 10.9. The number of carbonyl (C=O) groups is 1. The van der Waals surface area contributed by atoms with Crippen molar-refractivity contribution in [1.82, 2.24) is 14.7 Å². The van der Waals surface area contributed by atoms with Gasteiger partial charge in [-0.3, -0.25) is 4.90 Å². The van der Waals surface area contributed by atoms with Crippen LogP contribution in [0.5, 0.6) is 0 Å². The highest BCUT2D eigenvalue weighted by Gasteiger charge is 2.46. The Balaban J connectivity index is 1.47. The third kappa shape index (κ3) is 4.06. The van der Waals surface area contributed by atoms with E-state index in [1.54, 1.807) is 12.5 Å². The van der Waals surface area contributed by atoms with Gasteiger partial charge in [0.05, 0.1) is 19.1 Å². The first-order valence-electron chi connectivity index (χ1n) is 8.42. The fourth-order valence-corrected chi connectivity index (χ4v) is 3.46. The van der Waals surface area contributed by atoms with E-state index in [4.69, 9.17) is 9.15 Å². The molecule has 0 N–H and O–H groups in total. The van der Waals surface area contributed by atoms with E-state index in [0.717, 1.165) is 58.5 Å². The maximum Gasteiger partial charge on any atom is 0.410 e. The smallest absolute Gasteiger partial charge is 0.410 e. The molecule has 23 heavy (non-hydrogen) atoms. The van der Waals surface area contributed by atoms with Crippen LogP contribution in [-0.2, 0) is 11.3 Å². The monoisotopic (exact) mass is 321 g/mol. The van der Waals surface area contributed by atoms with Crippen LogP contribution in [0.3, 0.4) is 0 Å². The summed E-state index contributed by atoms with van der Waals surface area (Å²) in [5.74, 6) is 0. The van der Waals surface area contributed by atoms with Gasteiger partial charge in [0.15, 0.2) is 0 Å². The zero-order chi connectivity index (χ0) is 16.3. The highest BCUT2D eigenvalue weighted by atomic mass is 16.6. The van der Waals surface area contributed by atoms with Crippen LogP contribution in [0.25, 0.3) is 0 Å². The van der Waals surface area contributed by atoms with Gasteiger partial charge in [-0.05, 0) is 33.1 Å². The molecule has 0 saturated carbocycles. The molecule has 1 amide bonds. The largest absolute Gasteiger partial charge is 0.472 e. The first-order chi connectivity index (χ1) is 11.1. The third-order valence-corrected chi connectivity index (χ3v) is 4.83. The maximum absolute atomic E-state index is 12.1. The molecule has 3 heterocycles. The number of hydrogen-bond donors (Lipinski definition) is 0. The number of hydrogen-bond acceptors (Lipinski definition) is 5. The van der Waals surface area contributed by atoms with Gasteiger partial charge in [0.1, 0.15) is 5.60 Å². The molecule has 0 bridgehead atoms. The summed E-state index contributed by atoms with van der Waals surface area (Å²) in [4.78, 5) is 18.6. The fraction of sp³-hybridized carbons (Fsp3) is 0.706. The standard InChI is InChI=1S/C17H27N3O3/c1-18(2)7-3-8-20-14-17(23-16(20)21)5-9-19(10-6-17)12-15-4-11-22-13-15/h4,11,13H,3,5-10,12,14H2,1-2H3. The molecule has 1 aromatic rings. The van der Waals surface area contributed by atoms with Crippen LogP contribution in [0.2, 0.25) is 0 Å². The van der Waals surface area contributed by atoms with Gasteiger partial charge < -0.3 is 19.0 Å². The SMILES string of the molecule is CN(C)CCCN1CC2(CCN(Cc3ccoc3)CC2)OC1=O. The molecule has 1 spiro atoms. The molecule has 2 aliphatic rings. The fourth-order valence-electron chi connectivity index (χ4n) is 3.46. The lowest BCUT2D eigenvalue weighted by Crippen LogP contribution is -2.46. The summed E-state index contributed by atoms with van der Waals surface area (Å²) in [5.41, 5.74) is 0.942. The van der Waals surface area contributed by atoms with Crippen molar-refractivity contribution < 1.29 is 13.9 Å². The van der Waals surface area contributed by atoms with Gasteiger partial charge in [-0.25, -0.2) is 4.79 Å². The second-order valence-electron chi connectivity index (χ2n) is 7.04. The molecular weight excluding hydrogens is 294 g/mol. The number of amides is 1. The number of nitrogens with zero attached hydrogens (tertiary/aromatic N) is 3. The molecule has 3 rings (SSSR count). The summed E-state index contributed by atoms with van der Waals surface area (Å²) in [6.45, 7) is 5.37. The van der Waals surface area contributed by atoms with Crippen molar-refractivity contribution in [2.45, 2.75) is 31.4 Å². The van der Waals surface area contributed by atoms with Crippen LogP contribution in [-0.4, -0.2) is 73.2 Å². The molecular formula is C17H27N3O3. The van der Waals surface area contributed by atoms with Gasteiger partial charge in [-0.15, -0.1) is 0 Å². The molecule has 0 unspecified atom stereocenters. The molecule has 2 aliphatic heterocycles. The van der Waals surface area contributed by atoms with Crippen LogP contribution in [0.4, 0.5) is 4.79 Å². The Bertz CT molecular complexity index is 507. The van der Waals surface area contributed by atoms with Gasteiger partial charge in [0.2, 0.25) is 0 Å². The van der Waals surface area contributed by atoms with Crippen molar-refractivity contribution >= 4 is 6.09 Å². The van der Waals surface area contributed by atoms with Gasteiger partial charge >= 0.3 is 6.09 Å². The topological polar surface area (TPSA) is 49.2 Å². The number of piperidine rings is 1. The average Bonchev–Trinajstić information content (AvgIpc) is 3.11. The lowest BCUT2D eigenvalue weighted by atomic mass is 9.91. The Morgan fingerprint density at radius 1 is 1.30 bits per heavy atom. The zero-order valence-electron chi connectivity index (χ0n) is 14.2. The minimum absolute atomic E-state index is 0.132. The Hall–Kier alpha value is -1.53. The Morgan fingerprint density at radius 3 is 2.74 bits per heavy atom. The summed E-state index contributed by atoms with van der Waals surface area (Å²) >= 11 is 0. The summed E-state index contributed by atoms with van der Waals surface area (Å²) in [6, 6.07) is 2.01. The van der Waals surface area contributed by atoms with E-state index in [2.05, 4.69) is 23.9 Å². The number of furan rings is 1. The highest BCUT2D eigenvalue weighted by Crippen LogP contribution is 2.33. The molecule has 0 aliphatic carbocycles. The summed E-state index contributed by atoms with van der Waals surface area (Å²) in [7, 11) is 4.11. The molecule has 0 radical (unpaired) electrons. The Labute approximate surface area is 138 Å². The molecule has 128 valence electrons. The van der Waals surface area contributed by atoms with Crippen LogP contribution in [0, 0.1) is 0 Å². The van der Waals surface area contributed by atoms with Gasteiger partial charge in [0.25, 0.3) is 0 Å². The summed E-state index contributed by atoms with van der Waals surface area (Å²) in [6.07, 6.45) is 6.20. The zero-order valence-corrected chi connectivity index (χ0v) is 14.2. The van der Waals surface area contributed by atoms with Crippen molar-refractivity contribution in [3.63, 3.8) is 0 Å². The normalized spacial score (nSPS) is 21.3. The van der Waals surface area contributed by atoms with Crippen molar-refractivity contribution in [2.24, 2.45) is 0 Å². The van der Waals surface area contributed by atoms with Crippen molar-refractivity contribution in [3.05, 3.63) is 24.2 Å². The van der Waals surface area contributed by atoms with Crippen molar-refractivity contribution in [1.29, 1.82) is 0 Å². The number of likely N-dealkylation sites (tertiary alicyclic amines) is 1. The van der Waals surface area contributed by atoms with E-state index >= 15 is 0 Å². The second-order valence-corrected chi connectivity index (χ2v) is 7.04. The molecule has 0 atom stereocenters. The predicted molar refractivity (Wildman–Crippen MR) is 87.2 cm³/mol. The van der Waals surface area contributed by atoms with Crippen LogP contribution < -0.4 is 0 Å². The summed E-state index contributed by atoms with van der Waals surface area (Å²) in [5, 5.41) is 0. The van der Waals surface area contributed by atoms with E-state index < -0.39 is 0 Å². The van der Waals surface area contributed by atoms with Crippen LogP contribution in [0.1, 0.15) is 24.8 Å². The Kier molecular flexibility index (Phi) is 4.92. The average molecular weight is 321 g/mol. The third-order valence-electron chi connectivity index (χ3n) is 4.83. The molecule has 2 fully saturated rings.